The van der Waals surface area contributed by atoms with E-state index in [9.17, 15) is 4.79 Å². The van der Waals surface area contributed by atoms with Gasteiger partial charge in [0.25, 0.3) is 5.56 Å². The molecule has 10 heteroatoms. The van der Waals surface area contributed by atoms with Crippen molar-refractivity contribution in [2.45, 2.75) is 42.1 Å². The molecule has 1 aliphatic carbocycles. The fourth-order valence-corrected chi connectivity index (χ4v) is 7.00. The molecule has 0 bridgehead atoms. The highest BCUT2D eigenvalue weighted by atomic mass is 35.5. The lowest BCUT2D eigenvalue weighted by molar-refractivity contribution is 0.231. The van der Waals surface area contributed by atoms with Crippen LogP contribution in [-0.2, 0) is 19.4 Å². The third kappa shape index (κ3) is 4.73. The van der Waals surface area contributed by atoms with Crippen LogP contribution in [-0.4, -0.2) is 42.6 Å². The highest BCUT2D eigenvalue weighted by Gasteiger charge is 2.40. The third-order valence-corrected chi connectivity index (χ3v) is 9.53. The van der Waals surface area contributed by atoms with Crippen LogP contribution >= 0.6 is 23.4 Å². The predicted molar refractivity (Wildman–Crippen MR) is 156 cm³/mol. The summed E-state index contributed by atoms with van der Waals surface area (Å²) in [5, 5.41) is 1.49. The second kappa shape index (κ2) is 10.3. The van der Waals surface area contributed by atoms with Crippen LogP contribution in [0.5, 0.6) is 0 Å². The van der Waals surface area contributed by atoms with Gasteiger partial charge in [-0.1, -0.05) is 35.5 Å². The third-order valence-electron chi connectivity index (χ3n) is 8.04. The van der Waals surface area contributed by atoms with Crippen molar-refractivity contribution in [3.8, 4) is 0 Å². The Morgan fingerprint density at radius 2 is 1.80 bits per heavy atom. The molecule has 5 aromatic rings. The van der Waals surface area contributed by atoms with Crippen LogP contribution in [0.2, 0.25) is 5.02 Å². The molecule has 8 nitrogen and oxygen atoms in total. The molecule has 0 radical (unpaired) electrons. The van der Waals surface area contributed by atoms with Crippen molar-refractivity contribution in [1.29, 1.82) is 0 Å². The van der Waals surface area contributed by atoms with Gasteiger partial charge in [0, 0.05) is 42.3 Å². The number of anilines is 1. The van der Waals surface area contributed by atoms with Gasteiger partial charge < -0.3 is 4.90 Å². The summed E-state index contributed by atoms with van der Waals surface area (Å²) >= 11 is 8.16. The highest BCUT2D eigenvalue weighted by Crippen LogP contribution is 2.44. The lowest BCUT2D eigenvalue weighted by Crippen LogP contribution is -2.41. The minimum atomic E-state index is -0.188. The lowest BCUT2D eigenvalue weighted by atomic mass is 9.76. The van der Waals surface area contributed by atoms with Gasteiger partial charge in [0.1, 0.15) is 10.8 Å². The van der Waals surface area contributed by atoms with Crippen molar-refractivity contribution in [1.82, 2.24) is 29.5 Å². The summed E-state index contributed by atoms with van der Waals surface area (Å²) in [5.74, 6) is 0.889. The zero-order valence-electron chi connectivity index (χ0n) is 21.7. The van der Waals surface area contributed by atoms with E-state index in [1.54, 1.807) is 29.5 Å². The molecule has 4 aromatic heterocycles. The van der Waals surface area contributed by atoms with Crippen LogP contribution in [0.3, 0.4) is 0 Å². The van der Waals surface area contributed by atoms with Gasteiger partial charge in [-0.2, -0.15) is 0 Å². The molecule has 1 aromatic carbocycles. The zero-order valence-corrected chi connectivity index (χ0v) is 23.3. The SMILES string of the molecule is O=c1c2c(Cl)c(Sc3cnc(N4CCC5(CC4)Cc4cccnc4C5)cn3)ccc2ncn1Cc1cccnc1. The number of pyridine rings is 2. The fourth-order valence-electron chi connectivity index (χ4n) is 5.88. The first-order chi connectivity index (χ1) is 19.6. The summed E-state index contributed by atoms with van der Waals surface area (Å²) in [6.07, 6.45) is 15.0. The van der Waals surface area contributed by atoms with E-state index in [-0.39, 0.29) is 5.56 Å². The average Bonchev–Trinajstić information content (AvgIpc) is 3.35. The quantitative estimate of drug-likeness (QED) is 0.286. The van der Waals surface area contributed by atoms with Gasteiger partial charge >= 0.3 is 0 Å². The van der Waals surface area contributed by atoms with Gasteiger partial charge in [-0.15, -0.1) is 0 Å². The molecule has 0 amide bonds. The van der Waals surface area contributed by atoms with Crippen LogP contribution in [0.25, 0.3) is 10.9 Å². The molecule has 2 aliphatic rings. The maximum Gasteiger partial charge on any atom is 0.263 e. The maximum atomic E-state index is 13.3. The van der Waals surface area contributed by atoms with Gasteiger partial charge in [0.05, 0.1) is 41.2 Å². The largest absolute Gasteiger partial charge is 0.355 e. The number of halogens is 1. The second-order valence-corrected chi connectivity index (χ2v) is 12.0. The smallest absolute Gasteiger partial charge is 0.263 e. The van der Waals surface area contributed by atoms with Gasteiger partial charge in [0.15, 0.2) is 0 Å². The van der Waals surface area contributed by atoms with E-state index in [0.29, 0.717) is 27.9 Å². The first-order valence-corrected chi connectivity index (χ1v) is 14.5. The van der Waals surface area contributed by atoms with Crippen molar-refractivity contribution in [2.75, 3.05) is 18.0 Å². The normalized spacial score (nSPS) is 16.0. The predicted octanol–water partition coefficient (Wildman–Crippen LogP) is 5.21. The number of hydrogen-bond acceptors (Lipinski definition) is 8. The Labute approximate surface area is 240 Å². The van der Waals surface area contributed by atoms with Gasteiger partial charge in [-0.05, 0) is 66.5 Å². The van der Waals surface area contributed by atoms with Crippen LogP contribution < -0.4 is 10.5 Å². The van der Waals surface area contributed by atoms with E-state index in [1.165, 1.54) is 23.0 Å². The number of aromatic nitrogens is 6. The second-order valence-electron chi connectivity index (χ2n) is 10.6. The average molecular weight is 568 g/mol. The Hall–Kier alpha value is -3.82. The fraction of sp³-hybridized carbons (Fsp3) is 0.267. The molecule has 40 heavy (non-hydrogen) atoms. The molecule has 0 unspecified atom stereocenters. The molecule has 5 heterocycles. The Morgan fingerprint density at radius 3 is 2.58 bits per heavy atom. The maximum absolute atomic E-state index is 13.3. The van der Waals surface area contributed by atoms with E-state index in [2.05, 4.69) is 30.9 Å². The standard InChI is InChI=1S/C30H26ClN7OS/c31-28-24(6-5-22-27(28)29(39)38(19-36-22)18-20-3-1-9-32-15-20)40-26-17-34-25(16-35-26)37-11-7-30(8-12-37)13-21-4-2-10-33-23(21)14-30/h1-6,9-10,15-17,19H,7-8,11-14,18H2. The molecule has 7 rings (SSSR count). The van der Waals surface area contributed by atoms with Crippen molar-refractivity contribution >= 4 is 40.1 Å². The molecule has 0 N–H and O–H groups in total. The molecule has 1 saturated heterocycles. The molecule has 1 aliphatic heterocycles. The highest BCUT2D eigenvalue weighted by molar-refractivity contribution is 7.99. The molecule has 200 valence electrons. The summed E-state index contributed by atoms with van der Waals surface area (Å²) in [5.41, 5.74) is 4.30. The Bertz CT molecular complexity index is 1730. The van der Waals surface area contributed by atoms with Gasteiger partial charge in [0.2, 0.25) is 0 Å². The number of piperidine rings is 1. The van der Waals surface area contributed by atoms with Gasteiger partial charge in [-0.3, -0.25) is 19.3 Å². The number of benzene rings is 1. The molecule has 0 atom stereocenters. The Balaban J connectivity index is 1.06. The van der Waals surface area contributed by atoms with Crippen LogP contribution in [0, 0.1) is 5.41 Å². The number of rotatable bonds is 5. The van der Waals surface area contributed by atoms with E-state index in [0.717, 1.165) is 60.1 Å². The van der Waals surface area contributed by atoms with E-state index in [4.69, 9.17) is 16.6 Å². The Kier molecular flexibility index (Phi) is 6.48. The van der Waals surface area contributed by atoms with E-state index < -0.39 is 0 Å². The first-order valence-electron chi connectivity index (χ1n) is 13.3. The van der Waals surface area contributed by atoms with Crippen molar-refractivity contribution < 1.29 is 0 Å². The summed E-state index contributed by atoms with van der Waals surface area (Å²) in [6.45, 7) is 2.30. The van der Waals surface area contributed by atoms with Crippen LogP contribution in [0.15, 0.2) is 88.4 Å². The van der Waals surface area contributed by atoms with Crippen LogP contribution in [0.4, 0.5) is 5.82 Å². The Morgan fingerprint density at radius 1 is 0.925 bits per heavy atom. The molecule has 1 spiro atoms. The lowest BCUT2D eigenvalue weighted by Gasteiger charge is -2.39. The molecular weight excluding hydrogens is 542 g/mol. The van der Waals surface area contributed by atoms with Gasteiger partial charge in [-0.25, -0.2) is 15.0 Å². The number of fused-ring (bicyclic) bond motifs is 2. The zero-order chi connectivity index (χ0) is 27.1. The van der Waals surface area contributed by atoms with Crippen molar-refractivity contribution in [3.05, 3.63) is 106 Å². The number of nitrogens with zero attached hydrogens (tertiary/aromatic N) is 7. The minimum absolute atomic E-state index is 0.188. The molecule has 1 fully saturated rings. The monoisotopic (exact) mass is 567 g/mol. The summed E-state index contributed by atoms with van der Waals surface area (Å²) < 4.78 is 1.55. The summed E-state index contributed by atoms with van der Waals surface area (Å²) in [6, 6.07) is 11.7. The molecule has 0 saturated carbocycles. The van der Waals surface area contributed by atoms with E-state index >= 15 is 0 Å². The number of hydrogen-bond donors (Lipinski definition) is 0. The first kappa shape index (κ1) is 25.2. The minimum Gasteiger partial charge on any atom is -0.355 e. The summed E-state index contributed by atoms with van der Waals surface area (Å²) in [4.78, 5) is 39.0. The summed E-state index contributed by atoms with van der Waals surface area (Å²) in [7, 11) is 0. The van der Waals surface area contributed by atoms with Crippen molar-refractivity contribution in [3.63, 3.8) is 0 Å². The van der Waals surface area contributed by atoms with Crippen LogP contribution in [0.1, 0.15) is 29.7 Å². The molecular formula is C30H26ClN7OS. The topological polar surface area (TPSA) is 89.7 Å². The van der Waals surface area contributed by atoms with E-state index in [1.807, 2.05) is 42.7 Å². The van der Waals surface area contributed by atoms with Crippen molar-refractivity contribution in [2.24, 2.45) is 5.41 Å².